The Morgan fingerprint density at radius 2 is 2.11 bits per heavy atom. The first-order valence-electron chi connectivity index (χ1n) is 6.21. The molecule has 0 aliphatic carbocycles. The number of hydrogen-bond donors (Lipinski definition) is 2. The van der Waals surface area contributed by atoms with Gasteiger partial charge in [-0.3, -0.25) is 5.10 Å². The van der Waals surface area contributed by atoms with Gasteiger partial charge in [-0.25, -0.2) is 8.42 Å². The van der Waals surface area contributed by atoms with Gasteiger partial charge in [0, 0.05) is 13.1 Å². The fraction of sp³-hybridized carbons (Fsp3) is 0.583. The van der Waals surface area contributed by atoms with Gasteiger partial charge in [0.25, 0.3) is 0 Å². The highest BCUT2D eigenvalue weighted by Crippen LogP contribution is 2.32. The molecule has 0 bridgehead atoms. The van der Waals surface area contributed by atoms with Crippen LogP contribution < -0.4 is 5.73 Å². The third-order valence-corrected chi connectivity index (χ3v) is 5.28. The van der Waals surface area contributed by atoms with E-state index in [0.29, 0.717) is 13.1 Å². The summed E-state index contributed by atoms with van der Waals surface area (Å²) in [6, 6.07) is 0. The van der Waals surface area contributed by atoms with Crippen LogP contribution in [0.4, 0.5) is 5.82 Å². The average molecular weight is 284 g/mol. The van der Waals surface area contributed by atoms with Crippen LogP contribution in [0.2, 0.25) is 0 Å². The van der Waals surface area contributed by atoms with E-state index in [4.69, 9.17) is 5.73 Å². The molecule has 1 aromatic rings. The van der Waals surface area contributed by atoms with Gasteiger partial charge in [-0.2, -0.15) is 9.40 Å². The van der Waals surface area contributed by atoms with E-state index in [1.54, 1.807) is 0 Å². The molecule has 0 unspecified atom stereocenters. The lowest BCUT2D eigenvalue weighted by molar-refractivity contribution is 0.390. The quantitative estimate of drug-likeness (QED) is 0.802. The van der Waals surface area contributed by atoms with Crippen molar-refractivity contribution in [2.45, 2.75) is 32.1 Å². The van der Waals surface area contributed by atoms with Gasteiger partial charge in [-0.1, -0.05) is 32.4 Å². The van der Waals surface area contributed by atoms with Crippen molar-refractivity contribution in [3.8, 4) is 0 Å². The van der Waals surface area contributed by atoms with Gasteiger partial charge in [0.2, 0.25) is 10.0 Å². The van der Waals surface area contributed by atoms with Crippen molar-refractivity contribution in [2.75, 3.05) is 18.8 Å². The smallest absolute Gasteiger partial charge is 0.248 e. The Morgan fingerprint density at radius 3 is 2.53 bits per heavy atom. The number of hydrogen-bond acceptors (Lipinski definition) is 4. The molecule has 106 valence electrons. The molecule has 0 saturated heterocycles. The summed E-state index contributed by atoms with van der Waals surface area (Å²) >= 11 is 0. The molecule has 2 rings (SSSR count). The van der Waals surface area contributed by atoms with Gasteiger partial charge in [0.1, 0.15) is 10.7 Å². The van der Waals surface area contributed by atoms with Crippen LogP contribution in [0.3, 0.4) is 0 Å². The Morgan fingerprint density at radius 1 is 1.42 bits per heavy atom. The number of rotatable bonds is 2. The van der Waals surface area contributed by atoms with Crippen LogP contribution in [0, 0.1) is 5.41 Å². The number of nitrogens with zero attached hydrogens (tertiary/aromatic N) is 2. The van der Waals surface area contributed by atoms with Crippen molar-refractivity contribution in [3.05, 3.63) is 17.8 Å². The van der Waals surface area contributed by atoms with Crippen LogP contribution in [-0.2, 0) is 10.0 Å². The molecule has 0 spiro atoms. The number of anilines is 1. The first-order chi connectivity index (χ1) is 8.73. The lowest BCUT2D eigenvalue weighted by atomic mass is 9.83. The number of nitrogen functional groups attached to an aromatic ring is 1. The topological polar surface area (TPSA) is 92.1 Å². The maximum Gasteiger partial charge on any atom is 0.248 e. The Balaban J connectivity index is 2.23. The highest BCUT2D eigenvalue weighted by molar-refractivity contribution is 7.89. The zero-order valence-electron chi connectivity index (χ0n) is 11.5. The monoisotopic (exact) mass is 284 g/mol. The third kappa shape index (κ3) is 2.66. The van der Waals surface area contributed by atoms with E-state index in [1.165, 1.54) is 16.1 Å². The van der Waals surface area contributed by atoms with E-state index < -0.39 is 10.0 Å². The molecule has 2 heterocycles. The number of aromatic nitrogens is 2. The predicted molar refractivity (Wildman–Crippen MR) is 73.9 cm³/mol. The molecule has 7 heteroatoms. The zero-order chi connectivity index (χ0) is 14.3. The summed E-state index contributed by atoms with van der Waals surface area (Å²) in [5.74, 6) is 0.0885. The van der Waals surface area contributed by atoms with Gasteiger partial charge in [-0.15, -0.1) is 0 Å². The molecule has 19 heavy (non-hydrogen) atoms. The second-order valence-electron chi connectivity index (χ2n) is 5.74. The predicted octanol–water partition coefficient (Wildman–Crippen LogP) is 1.36. The second-order valence-corrected chi connectivity index (χ2v) is 7.65. The zero-order valence-corrected chi connectivity index (χ0v) is 12.3. The van der Waals surface area contributed by atoms with Gasteiger partial charge in [0.05, 0.1) is 6.20 Å². The lowest BCUT2D eigenvalue weighted by Crippen LogP contribution is -2.36. The van der Waals surface area contributed by atoms with Crippen molar-refractivity contribution in [1.82, 2.24) is 14.5 Å². The highest BCUT2D eigenvalue weighted by Gasteiger charge is 2.30. The molecule has 0 radical (unpaired) electrons. The molecule has 1 aliphatic heterocycles. The summed E-state index contributed by atoms with van der Waals surface area (Å²) in [5, 5.41) is 6.12. The first-order valence-corrected chi connectivity index (χ1v) is 7.65. The van der Waals surface area contributed by atoms with Crippen LogP contribution in [0.15, 0.2) is 22.7 Å². The Bertz CT molecular complexity index is 595. The third-order valence-electron chi connectivity index (χ3n) is 3.39. The molecule has 0 aromatic carbocycles. The van der Waals surface area contributed by atoms with E-state index in [2.05, 4.69) is 31.0 Å². The Labute approximate surface area is 113 Å². The molecule has 0 saturated carbocycles. The highest BCUT2D eigenvalue weighted by atomic mass is 32.2. The standard InChI is InChI=1S/C12H20N4O2S/c1-12(2,3)9-4-6-16(7-5-9)19(17,18)10-8-14-15-11(10)13/h4,8H,5-7H2,1-3H3,(H3,13,14,15). The largest absolute Gasteiger partial charge is 0.383 e. The van der Waals surface area contributed by atoms with Crippen molar-refractivity contribution in [1.29, 1.82) is 0 Å². The average Bonchev–Trinajstić information content (AvgIpc) is 2.75. The van der Waals surface area contributed by atoms with E-state index in [9.17, 15) is 8.42 Å². The van der Waals surface area contributed by atoms with E-state index in [0.717, 1.165) is 6.42 Å². The SMILES string of the molecule is CC(C)(C)C1=CCN(S(=O)(=O)c2cn[nH]c2N)CC1. The molecule has 1 aliphatic rings. The number of aromatic amines is 1. The van der Waals surface area contributed by atoms with Crippen LogP contribution in [0.25, 0.3) is 0 Å². The normalized spacial score (nSPS) is 18.4. The molecule has 6 nitrogen and oxygen atoms in total. The molecule has 3 N–H and O–H groups in total. The van der Waals surface area contributed by atoms with Crippen LogP contribution in [-0.4, -0.2) is 36.0 Å². The lowest BCUT2D eigenvalue weighted by Gasteiger charge is -2.31. The first kappa shape index (κ1) is 14.1. The van der Waals surface area contributed by atoms with Gasteiger partial charge in [-0.05, 0) is 11.8 Å². The summed E-state index contributed by atoms with van der Waals surface area (Å²) < 4.78 is 26.2. The molecule has 0 amide bonds. The van der Waals surface area contributed by atoms with Crippen LogP contribution >= 0.6 is 0 Å². The fourth-order valence-electron chi connectivity index (χ4n) is 2.18. The summed E-state index contributed by atoms with van der Waals surface area (Å²) in [6.07, 6.45) is 4.01. The van der Waals surface area contributed by atoms with Crippen molar-refractivity contribution < 1.29 is 8.42 Å². The maximum absolute atomic E-state index is 12.4. The molecule has 0 atom stereocenters. The van der Waals surface area contributed by atoms with Crippen LogP contribution in [0.5, 0.6) is 0 Å². The summed E-state index contributed by atoms with van der Waals surface area (Å²) in [6.45, 7) is 7.28. The number of nitrogens with two attached hydrogens (primary N) is 1. The maximum atomic E-state index is 12.4. The van der Waals surface area contributed by atoms with Crippen molar-refractivity contribution in [3.63, 3.8) is 0 Å². The number of sulfonamides is 1. The van der Waals surface area contributed by atoms with Gasteiger partial charge in [0.15, 0.2) is 0 Å². The number of nitrogens with one attached hydrogen (secondary N) is 1. The summed E-state index contributed by atoms with van der Waals surface area (Å²) in [4.78, 5) is 0.0557. The summed E-state index contributed by atoms with van der Waals surface area (Å²) in [7, 11) is -3.55. The number of H-pyrrole nitrogens is 1. The minimum atomic E-state index is -3.55. The molecule has 0 fully saturated rings. The fourth-order valence-corrected chi connectivity index (χ4v) is 3.57. The minimum Gasteiger partial charge on any atom is -0.383 e. The van der Waals surface area contributed by atoms with Crippen molar-refractivity contribution >= 4 is 15.8 Å². The molecular weight excluding hydrogens is 264 g/mol. The summed E-state index contributed by atoms with van der Waals surface area (Å²) in [5.41, 5.74) is 6.97. The minimum absolute atomic E-state index is 0.0557. The Kier molecular flexibility index (Phi) is 3.44. The second kappa shape index (κ2) is 4.64. The molecule has 1 aromatic heterocycles. The van der Waals surface area contributed by atoms with Crippen LogP contribution in [0.1, 0.15) is 27.2 Å². The van der Waals surface area contributed by atoms with E-state index in [-0.39, 0.29) is 16.1 Å². The molecular formula is C12H20N4O2S. The van der Waals surface area contributed by atoms with Crippen molar-refractivity contribution in [2.24, 2.45) is 5.41 Å². The Hall–Kier alpha value is -1.34. The van der Waals surface area contributed by atoms with Gasteiger partial charge < -0.3 is 5.73 Å². The van der Waals surface area contributed by atoms with E-state index in [1.807, 2.05) is 6.08 Å². The van der Waals surface area contributed by atoms with E-state index >= 15 is 0 Å². The van der Waals surface area contributed by atoms with Gasteiger partial charge >= 0.3 is 0 Å².